The number of benzene rings is 1. The van der Waals surface area contributed by atoms with Crippen LogP contribution < -0.4 is 5.32 Å². The van der Waals surface area contributed by atoms with Gasteiger partial charge in [-0.3, -0.25) is 10.1 Å². The molecule has 0 aliphatic carbocycles. The Labute approximate surface area is 154 Å². The summed E-state index contributed by atoms with van der Waals surface area (Å²) >= 11 is 0. The minimum absolute atomic E-state index is 0.455. The van der Waals surface area contributed by atoms with Crippen molar-refractivity contribution in [3.63, 3.8) is 0 Å². The Hall–Kier alpha value is -2.57. The average molecular weight is 361 g/mol. The molecule has 0 saturated carbocycles. The van der Waals surface area contributed by atoms with Crippen LogP contribution in [0.2, 0.25) is 0 Å². The maximum Gasteiger partial charge on any atom is 0.408 e. The number of ether oxygens (including phenoxy) is 1. The molecule has 7 heteroatoms. The van der Waals surface area contributed by atoms with Crippen molar-refractivity contribution in [3.8, 4) is 0 Å². The van der Waals surface area contributed by atoms with Gasteiger partial charge in [0.1, 0.15) is 11.3 Å². The number of nitro groups is 1. The van der Waals surface area contributed by atoms with Gasteiger partial charge < -0.3 is 15.0 Å². The van der Waals surface area contributed by atoms with Crippen LogP contribution in [-0.2, 0) is 11.2 Å². The van der Waals surface area contributed by atoms with Crippen molar-refractivity contribution in [3.05, 3.63) is 57.9 Å². The van der Waals surface area contributed by atoms with Crippen molar-refractivity contribution in [2.45, 2.75) is 51.7 Å². The predicted octanol–water partition coefficient (Wildman–Crippen LogP) is 3.34. The second-order valence-corrected chi connectivity index (χ2v) is 7.42. The van der Waals surface area contributed by atoms with Crippen LogP contribution in [0, 0.1) is 10.1 Å². The lowest BCUT2D eigenvalue weighted by Crippen LogP contribution is -2.45. The molecule has 0 unspecified atom stereocenters. The van der Waals surface area contributed by atoms with Gasteiger partial charge in [0.2, 0.25) is 0 Å². The third-order valence-corrected chi connectivity index (χ3v) is 4.04. The molecular weight excluding hydrogens is 334 g/mol. The van der Waals surface area contributed by atoms with E-state index in [0.29, 0.717) is 12.1 Å². The summed E-state index contributed by atoms with van der Waals surface area (Å²) in [5, 5.41) is 14.0. The van der Waals surface area contributed by atoms with Crippen LogP contribution in [0.3, 0.4) is 0 Å². The Morgan fingerprint density at radius 2 is 1.92 bits per heavy atom. The number of nitrogens with one attached hydrogen (secondary N) is 1. The van der Waals surface area contributed by atoms with E-state index in [2.05, 4.69) is 5.32 Å². The number of carbonyl (C=O) groups excluding carboxylic acids is 1. The first-order valence-electron chi connectivity index (χ1n) is 8.88. The smallest absolute Gasteiger partial charge is 0.408 e. The lowest BCUT2D eigenvalue weighted by Gasteiger charge is -2.29. The summed E-state index contributed by atoms with van der Waals surface area (Å²) < 4.78 is 5.36. The standard InChI is InChI=1S/C19H27N3O4/c1-19(2,3)26-18(23)20-16(13-15-9-5-4-6-10-15)17(14-22(24)25)21-11-7-8-12-21/h4-6,9-10,14,16H,7-8,11-13H2,1-3H3,(H,20,23)/b17-14-/t16-/m0/s1. The van der Waals surface area contributed by atoms with Gasteiger partial charge in [-0.2, -0.15) is 0 Å². The van der Waals surface area contributed by atoms with E-state index < -0.39 is 22.7 Å². The molecule has 2 rings (SSSR count). The van der Waals surface area contributed by atoms with Crippen molar-refractivity contribution < 1.29 is 14.5 Å². The monoisotopic (exact) mass is 361 g/mol. The second-order valence-electron chi connectivity index (χ2n) is 7.42. The highest BCUT2D eigenvalue weighted by Crippen LogP contribution is 2.21. The molecule has 0 aromatic heterocycles. The van der Waals surface area contributed by atoms with E-state index in [9.17, 15) is 14.9 Å². The Kier molecular flexibility index (Phi) is 6.60. The van der Waals surface area contributed by atoms with Gasteiger partial charge in [-0.15, -0.1) is 0 Å². The van der Waals surface area contributed by atoms with Crippen molar-refractivity contribution in [1.82, 2.24) is 10.2 Å². The van der Waals surface area contributed by atoms with E-state index in [1.54, 1.807) is 20.8 Å². The topological polar surface area (TPSA) is 84.7 Å². The first kappa shape index (κ1) is 19.8. The largest absolute Gasteiger partial charge is 0.444 e. The summed E-state index contributed by atoms with van der Waals surface area (Å²) in [6, 6.07) is 9.08. The summed E-state index contributed by atoms with van der Waals surface area (Å²) in [5.41, 5.74) is 0.867. The minimum atomic E-state index is -0.637. The molecule has 1 atom stereocenters. The van der Waals surface area contributed by atoms with E-state index in [0.717, 1.165) is 37.7 Å². The highest BCUT2D eigenvalue weighted by molar-refractivity contribution is 5.68. The molecule has 1 aromatic carbocycles. The Morgan fingerprint density at radius 3 is 2.46 bits per heavy atom. The molecular formula is C19H27N3O4. The first-order chi connectivity index (χ1) is 12.2. The fourth-order valence-corrected chi connectivity index (χ4v) is 3.00. The highest BCUT2D eigenvalue weighted by Gasteiger charge is 2.29. The summed E-state index contributed by atoms with van der Waals surface area (Å²) in [7, 11) is 0. The number of carbonyl (C=O) groups is 1. The fraction of sp³-hybridized carbons (Fsp3) is 0.526. The molecule has 0 spiro atoms. The zero-order chi connectivity index (χ0) is 19.2. The van der Waals surface area contributed by atoms with Gasteiger partial charge in [0.05, 0.1) is 11.0 Å². The zero-order valence-electron chi connectivity index (χ0n) is 15.6. The van der Waals surface area contributed by atoms with E-state index in [1.807, 2.05) is 35.2 Å². The molecule has 1 heterocycles. The molecule has 1 aliphatic heterocycles. The lowest BCUT2D eigenvalue weighted by atomic mass is 10.0. The van der Waals surface area contributed by atoms with Gasteiger partial charge >= 0.3 is 6.09 Å². The minimum Gasteiger partial charge on any atom is -0.444 e. The lowest BCUT2D eigenvalue weighted by molar-refractivity contribution is -0.404. The summed E-state index contributed by atoms with van der Waals surface area (Å²) in [5.74, 6) is 0. The van der Waals surface area contributed by atoms with Crippen molar-refractivity contribution in [2.75, 3.05) is 13.1 Å². The number of alkyl carbamates (subject to hydrolysis) is 1. The Balaban J connectivity index is 2.27. The number of rotatable bonds is 6. The zero-order valence-corrected chi connectivity index (χ0v) is 15.6. The quantitative estimate of drug-likeness (QED) is 0.620. The third kappa shape index (κ3) is 6.38. The highest BCUT2D eigenvalue weighted by atomic mass is 16.6. The van der Waals surface area contributed by atoms with E-state index in [4.69, 9.17) is 4.74 Å². The maximum absolute atomic E-state index is 12.3. The number of nitrogens with zero attached hydrogens (tertiary/aromatic N) is 2. The molecule has 26 heavy (non-hydrogen) atoms. The van der Waals surface area contributed by atoms with Gasteiger partial charge in [-0.05, 0) is 45.6 Å². The molecule has 142 valence electrons. The summed E-state index contributed by atoms with van der Waals surface area (Å²) in [6.45, 7) is 6.86. The van der Waals surface area contributed by atoms with Crippen LogP contribution in [-0.4, -0.2) is 40.6 Å². The van der Waals surface area contributed by atoms with Crippen molar-refractivity contribution >= 4 is 6.09 Å². The summed E-state index contributed by atoms with van der Waals surface area (Å²) in [6.07, 6.45) is 2.86. The van der Waals surface area contributed by atoms with Crippen LogP contribution in [0.25, 0.3) is 0 Å². The van der Waals surface area contributed by atoms with Gasteiger partial charge in [0, 0.05) is 13.1 Å². The van der Waals surface area contributed by atoms with E-state index in [1.165, 1.54) is 0 Å². The Morgan fingerprint density at radius 1 is 1.31 bits per heavy atom. The van der Waals surface area contributed by atoms with Crippen LogP contribution >= 0.6 is 0 Å². The molecule has 1 aliphatic rings. The molecule has 1 aromatic rings. The molecule has 1 fully saturated rings. The SMILES string of the molecule is CC(C)(C)OC(=O)N[C@@H](Cc1ccccc1)/C(=C/[N+](=O)[O-])N1CCCC1. The van der Waals surface area contributed by atoms with Crippen molar-refractivity contribution in [1.29, 1.82) is 0 Å². The normalized spacial score (nSPS) is 16.3. The predicted molar refractivity (Wildman–Crippen MR) is 99.2 cm³/mol. The van der Waals surface area contributed by atoms with Gasteiger partial charge in [-0.25, -0.2) is 4.79 Å². The molecule has 0 radical (unpaired) electrons. The van der Waals surface area contributed by atoms with Crippen molar-refractivity contribution in [2.24, 2.45) is 0 Å². The molecule has 1 amide bonds. The van der Waals surface area contributed by atoms with Crippen LogP contribution in [0.1, 0.15) is 39.2 Å². The third-order valence-electron chi connectivity index (χ3n) is 4.04. The Bertz CT molecular complexity index is 646. The number of likely N-dealkylation sites (tertiary alicyclic amines) is 1. The van der Waals surface area contributed by atoms with Crippen LogP contribution in [0.4, 0.5) is 4.79 Å². The second kappa shape index (κ2) is 8.69. The molecule has 0 bridgehead atoms. The van der Waals surface area contributed by atoms with Crippen LogP contribution in [0.5, 0.6) is 0 Å². The van der Waals surface area contributed by atoms with E-state index >= 15 is 0 Å². The number of hydrogen-bond donors (Lipinski definition) is 1. The molecule has 7 nitrogen and oxygen atoms in total. The molecule has 1 saturated heterocycles. The van der Waals surface area contributed by atoms with Gasteiger partial charge in [0.25, 0.3) is 6.20 Å². The van der Waals surface area contributed by atoms with E-state index in [-0.39, 0.29) is 0 Å². The number of hydrogen-bond acceptors (Lipinski definition) is 5. The maximum atomic E-state index is 12.3. The molecule has 1 N–H and O–H groups in total. The van der Waals surface area contributed by atoms with Gasteiger partial charge in [0.15, 0.2) is 0 Å². The first-order valence-corrected chi connectivity index (χ1v) is 8.88. The summed E-state index contributed by atoms with van der Waals surface area (Å²) in [4.78, 5) is 25.0. The van der Waals surface area contributed by atoms with Gasteiger partial charge in [-0.1, -0.05) is 30.3 Å². The fourth-order valence-electron chi connectivity index (χ4n) is 3.00. The average Bonchev–Trinajstić information content (AvgIpc) is 3.05. The number of amides is 1. The van der Waals surface area contributed by atoms with Crippen LogP contribution in [0.15, 0.2) is 42.2 Å².